The molecule has 1 fully saturated rings. The first-order valence-corrected chi connectivity index (χ1v) is 6.13. The van der Waals surface area contributed by atoms with E-state index < -0.39 is 11.4 Å². The fourth-order valence-electron chi connectivity index (χ4n) is 2.20. The van der Waals surface area contributed by atoms with E-state index in [0.29, 0.717) is 12.8 Å². The molecule has 2 amide bonds. The van der Waals surface area contributed by atoms with Crippen molar-refractivity contribution in [3.63, 3.8) is 0 Å². The van der Waals surface area contributed by atoms with Gasteiger partial charge in [-0.1, -0.05) is 0 Å². The number of carbonyl (C=O) groups excluding carboxylic acids is 2. The molecule has 6 heteroatoms. The van der Waals surface area contributed by atoms with E-state index in [0.717, 1.165) is 16.6 Å². The number of hydrogen-bond acceptors (Lipinski definition) is 3. The molecule has 0 bridgehead atoms. The van der Waals surface area contributed by atoms with E-state index in [9.17, 15) is 9.59 Å². The molecule has 0 atom stereocenters. The number of nitrogens with two attached hydrogens (primary N) is 1. The molecule has 3 rings (SSSR count). The summed E-state index contributed by atoms with van der Waals surface area (Å²) < 4.78 is 0. The van der Waals surface area contributed by atoms with Crippen LogP contribution in [0.2, 0.25) is 0 Å². The molecule has 0 saturated heterocycles. The SMILES string of the molecule is NC(=O)C1(NC(=O)Cc2c[nH]c3ncccc23)CC1. The van der Waals surface area contributed by atoms with E-state index in [2.05, 4.69) is 15.3 Å². The van der Waals surface area contributed by atoms with Crippen molar-refractivity contribution < 1.29 is 9.59 Å². The highest BCUT2D eigenvalue weighted by Crippen LogP contribution is 2.34. The van der Waals surface area contributed by atoms with Gasteiger partial charge in [-0.3, -0.25) is 9.59 Å². The molecular formula is C13H14N4O2. The largest absolute Gasteiger partial charge is 0.368 e. The Labute approximate surface area is 109 Å². The van der Waals surface area contributed by atoms with Crippen molar-refractivity contribution in [2.24, 2.45) is 5.73 Å². The van der Waals surface area contributed by atoms with Gasteiger partial charge in [0.05, 0.1) is 6.42 Å². The van der Waals surface area contributed by atoms with Gasteiger partial charge in [-0.2, -0.15) is 0 Å². The van der Waals surface area contributed by atoms with E-state index in [1.165, 1.54) is 0 Å². The van der Waals surface area contributed by atoms with Gasteiger partial charge in [0.1, 0.15) is 11.2 Å². The molecule has 0 unspecified atom stereocenters. The second-order valence-electron chi connectivity index (χ2n) is 4.88. The first-order chi connectivity index (χ1) is 9.11. The molecular weight excluding hydrogens is 244 g/mol. The number of pyridine rings is 1. The van der Waals surface area contributed by atoms with E-state index in [-0.39, 0.29) is 12.3 Å². The lowest BCUT2D eigenvalue weighted by molar-refractivity contribution is -0.127. The molecule has 19 heavy (non-hydrogen) atoms. The van der Waals surface area contributed by atoms with Crippen LogP contribution in [0.1, 0.15) is 18.4 Å². The van der Waals surface area contributed by atoms with Crippen LogP contribution in [0.25, 0.3) is 11.0 Å². The van der Waals surface area contributed by atoms with E-state index in [1.54, 1.807) is 12.4 Å². The van der Waals surface area contributed by atoms with Crippen molar-refractivity contribution in [2.75, 3.05) is 0 Å². The summed E-state index contributed by atoms with van der Waals surface area (Å²) in [4.78, 5) is 30.4. The molecule has 0 aromatic carbocycles. The molecule has 6 nitrogen and oxygen atoms in total. The van der Waals surface area contributed by atoms with Crippen molar-refractivity contribution in [3.05, 3.63) is 30.1 Å². The second kappa shape index (κ2) is 4.08. The third-order valence-corrected chi connectivity index (χ3v) is 3.49. The number of aromatic amines is 1. The van der Waals surface area contributed by atoms with Gasteiger partial charge in [0.15, 0.2) is 0 Å². The highest BCUT2D eigenvalue weighted by Gasteiger charge is 2.49. The van der Waals surface area contributed by atoms with Crippen LogP contribution in [0.4, 0.5) is 0 Å². The lowest BCUT2D eigenvalue weighted by Crippen LogP contribution is -2.47. The summed E-state index contributed by atoms with van der Waals surface area (Å²) in [6, 6.07) is 3.73. The Morgan fingerprint density at radius 3 is 2.95 bits per heavy atom. The minimum absolute atomic E-state index is 0.193. The highest BCUT2D eigenvalue weighted by molar-refractivity contribution is 5.94. The third kappa shape index (κ3) is 2.05. The maximum Gasteiger partial charge on any atom is 0.243 e. The van der Waals surface area contributed by atoms with Crippen LogP contribution >= 0.6 is 0 Å². The van der Waals surface area contributed by atoms with Gasteiger partial charge in [0.2, 0.25) is 11.8 Å². The number of amides is 2. The number of fused-ring (bicyclic) bond motifs is 1. The average Bonchev–Trinajstić information content (AvgIpc) is 3.06. The van der Waals surface area contributed by atoms with Crippen molar-refractivity contribution in [2.45, 2.75) is 24.8 Å². The van der Waals surface area contributed by atoms with E-state index >= 15 is 0 Å². The number of nitrogens with zero attached hydrogens (tertiary/aromatic N) is 1. The number of rotatable bonds is 4. The molecule has 1 aliphatic carbocycles. The minimum Gasteiger partial charge on any atom is -0.368 e. The molecule has 0 aliphatic heterocycles. The summed E-state index contributed by atoms with van der Waals surface area (Å²) in [6.07, 6.45) is 4.92. The Kier molecular flexibility index (Phi) is 2.51. The van der Waals surface area contributed by atoms with E-state index in [4.69, 9.17) is 5.73 Å². The highest BCUT2D eigenvalue weighted by atomic mass is 16.2. The normalized spacial score (nSPS) is 16.2. The Bertz CT molecular complexity index is 657. The van der Waals surface area contributed by atoms with Crippen LogP contribution < -0.4 is 11.1 Å². The standard InChI is InChI=1S/C13H14N4O2/c14-12(19)13(3-4-13)17-10(18)6-8-7-16-11-9(8)2-1-5-15-11/h1-2,5,7H,3-4,6H2,(H2,14,19)(H,15,16)(H,17,18). The van der Waals surface area contributed by atoms with Crippen LogP contribution in [0.5, 0.6) is 0 Å². The third-order valence-electron chi connectivity index (χ3n) is 3.49. The van der Waals surface area contributed by atoms with Crippen LogP contribution in [0.15, 0.2) is 24.5 Å². The molecule has 2 aromatic rings. The lowest BCUT2D eigenvalue weighted by Gasteiger charge is -2.12. The van der Waals surface area contributed by atoms with Crippen molar-refractivity contribution in [1.29, 1.82) is 0 Å². The number of H-pyrrole nitrogens is 1. The molecule has 2 aromatic heterocycles. The van der Waals surface area contributed by atoms with Gasteiger partial charge in [0.25, 0.3) is 0 Å². The number of carbonyl (C=O) groups is 2. The zero-order valence-electron chi connectivity index (χ0n) is 10.3. The second-order valence-corrected chi connectivity index (χ2v) is 4.88. The first-order valence-electron chi connectivity index (χ1n) is 6.13. The zero-order valence-corrected chi connectivity index (χ0v) is 10.3. The summed E-state index contributed by atoms with van der Waals surface area (Å²) in [5, 5.41) is 3.64. The smallest absolute Gasteiger partial charge is 0.243 e. The van der Waals surface area contributed by atoms with Gasteiger partial charge in [-0.25, -0.2) is 4.98 Å². The van der Waals surface area contributed by atoms with Gasteiger partial charge >= 0.3 is 0 Å². The van der Waals surface area contributed by atoms with Crippen LogP contribution in [0, 0.1) is 0 Å². The maximum atomic E-state index is 12.0. The molecule has 4 N–H and O–H groups in total. The Morgan fingerprint density at radius 1 is 1.47 bits per heavy atom. The summed E-state index contributed by atoms with van der Waals surface area (Å²) >= 11 is 0. The Hall–Kier alpha value is -2.37. The fraction of sp³-hybridized carbons (Fsp3) is 0.308. The first kappa shape index (κ1) is 11.7. The average molecular weight is 258 g/mol. The molecule has 2 heterocycles. The summed E-state index contributed by atoms with van der Waals surface area (Å²) in [5.41, 5.74) is 6.08. The number of primary amides is 1. The van der Waals surface area contributed by atoms with Gasteiger partial charge < -0.3 is 16.0 Å². The number of aromatic nitrogens is 2. The van der Waals surface area contributed by atoms with Crippen molar-refractivity contribution >= 4 is 22.8 Å². The summed E-state index contributed by atoms with van der Waals surface area (Å²) in [5.74, 6) is -0.650. The molecule has 0 radical (unpaired) electrons. The van der Waals surface area contributed by atoms with Gasteiger partial charge in [-0.15, -0.1) is 0 Å². The molecule has 0 spiro atoms. The number of hydrogen-bond donors (Lipinski definition) is 3. The monoisotopic (exact) mass is 258 g/mol. The molecule has 98 valence electrons. The zero-order chi connectivity index (χ0) is 13.5. The molecule has 1 aliphatic rings. The van der Waals surface area contributed by atoms with Crippen LogP contribution in [-0.4, -0.2) is 27.3 Å². The topological polar surface area (TPSA) is 101 Å². The Balaban J connectivity index is 1.75. The summed E-state index contributed by atoms with van der Waals surface area (Å²) in [6.45, 7) is 0. The van der Waals surface area contributed by atoms with Gasteiger partial charge in [0, 0.05) is 17.8 Å². The van der Waals surface area contributed by atoms with Gasteiger partial charge in [-0.05, 0) is 30.5 Å². The van der Waals surface area contributed by atoms with Crippen LogP contribution in [-0.2, 0) is 16.0 Å². The minimum atomic E-state index is -0.804. The quantitative estimate of drug-likeness (QED) is 0.732. The lowest BCUT2D eigenvalue weighted by atomic mass is 10.1. The van der Waals surface area contributed by atoms with Crippen molar-refractivity contribution in [1.82, 2.24) is 15.3 Å². The maximum absolute atomic E-state index is 12.0. The number of nitrogens with one attached hydrogen (secondary N) is 2. The Morgan fingerprint density at radius 2 is 2.26 bits per heavy atom. The predicted molar refractivity (Wildman–Crippen MR) is 69.1 cm³/mol. The summed E-state index contributed by atoms with van der Waals surface area (Å²) in [7, 11) is 0. The fourth-order valence-corrected chi connectivity index (χ4v) is 2.20. The predicted octanol–water partition coefficient (Wildman–Crippen LogP) is 0.240. The van der Waals surface area contributed by atoms with Crippen LogP contribution in [0.3, 0.4) is 0 Å². The molecule has 1 saturated carbocycles. The van der Waals surface area contributed by atoms with E-state index in [1.807, 2.05) is 12.1 Å². The van der Waals surface area contributed by atoms with Crippen molar-refractivity contribution in [3.8, 4) is 0 Å².